The monoisotopic (exact) mass is 208 g/mol. The van der Waals surface area contributed by atoms with Gasteiger partial charge in [0.2, 0.25) is 0 Å². The average molecular weight is 208 g/mol. The van der Waals surface area contributed by atoms with E-state index in [2.05, 4.69) is 35.9 Å². The number of nitrogens with two attached hydrogens (primary N) is 1. The van der Waals surface area contributed by atoms with Crippen LogP contribution >= 0.6 is 0 Å². The Morgan fingerprint density at radius 2 is 2.07 bits per heavy atom. The number of hydrogen-bond donors (Lipinski definition) is 1. The van der Waals surface area contributed by atoms with Gasteiger partial charge in [0.1, 0.15) is 5.82 Å². The van der Waals surface area contributed by atoms with Crippen molar-refractivity contribution in [2.75, 3.05) is 23.7 Å². The Bertz CT molecular complexity index is 283. The highest BCUT2D eigenvalue weighted by Crippen LogP contribution is 2.13. The summed E-state index contributed by atoms with van der Waals surface area (Å²) in [5, 5.41) is 7.95. The Morgan fingerprint density at radius 3 is 2.53 bits per heavy atom. The van der Waals surface area contributed by atoms with E-state index in [9.17, 15) is 0 Å². The second-order valence-corrected chi connectivity index (χ2v) is 3.87. The van der Waals surface area contributed by atoms with Crippen LogP contribution < -0.4 is 10.6 Å². The Kier molecular flexibility index (Phi) is 4.34. The van der Waals surface area contributed by atoms with Crippen molar-refractivity contribution in [3.63, 3.8) is 0 Å². The Hall–Kier alpha value is -1.32. The number of aromatic nitrogens is 2. The third kappa shape index (κ3) is 3.38. The van der Waals surface area contributed by atoms with Gasteiger partial charge in [-0.1, -0.05) is 20.3 Å². The summed E-state index contributed by atoms with van der Waals surface area (Å²) in [6, 6.07) is 3.72. The molecule has 0 amide bonds. The van der Waals surface area contributed by atoms with E-state index in [4.69, 9.17) is 5.73 Å². The highest BCUT2D eigenvalue weighted by atomic mass is 15.3. The van der Waals surface area contributed by atoms with Crippen LogP contribution in [0.25, 0.3) is 0 Å². The van der Waals surface area contributed by atoms with E-state index in [1.165, 1.54) is 6.42 Å². The molecule has 0 saturated heterocycles. The molecule has 0 aliphatic heterocycles. The predicted octanol–water partition coefficient (Wildman–Crippen LogP) is 1.93. The van der Waals surface area contributed by atoms with Crippen molar-refractivity contribution >= 4 is 11.6 Å². The second-order valence-electron chi connectivity index (χ2n) is 3.87. The van der Waals surface area contributed by atoms with Crippen molar-refractivity contribution in [3.05, 3.63) is 12.1 Å². The van der Waals surface area contributed by atoms with Crippen LogP contribution in [0.3, 0.4) is 0 Å². The zero-order valence-corrected chi connectivity index (χ0v) is 9.77. The first-order valence-electron chi connectivity index (χ1n) is 5.51. The van der Waals surface area contributed by atoms with Gasteiger partial charge < -0.3 is 10.6 Å². The van der Waals surface area contributed by atoms with Crippen LogP contribution in [0.5, 0.6) is 0 Å². The van der Waals surface area contributed by atoms with Gasteiger partial charge in [0.25, 0.3) is 0 Å². The molecule has 1 aromatic heterocycles. The lowest BCUT2D eigenvalue weighted by atomic mass is 10.1. The largest absolute Gasteiger partial charge is 0.382 e. The summed E-state index contributed by atoms with van der Waals surface area (Å²) in [7, 11) is 0. The van der Waals surface area contributed by atoms with E-state index < -0.39 is 0 Å². The summed E-state index contributed by atoms with van der Waals surface area (Å²) in [5.74, 6) is 2.05. The molecule has 0 aromatic carbocycles. The van der Waals surface area contributed by atoms with Crippen LogP contribution in [0.1, 0.15) is 27.2 Å². The molecule has 1 unspecified atom stereocenters. The molecule has 1 atom stereocenters. The molecule has 0 saturated carbocycles. The van der Waals surface area contributed by atoms with Crippen molar-refractivity contribution in [2.24, 2.45) is 5.92 Å². The van der Waals surface area contributed by atoms with Crippen LogP contribution in [-0.2, 0) is 0 Å². The summed E-state index contributed by atoms with van der Waals surface area (Å²) >= 11 is 0. The lowest BCUT2D eigenvalue weighted by Crippen LogP contribution is -2.29. The van der Waals surface area contributed by atoms with Crippen LogP contribution in [0.2, 0.25) is 0 Å². The second kappa shape index (κ2) is 5.53. The third-order valence-electron chi connectivity index (χ3n) is 2.61. The van der Waals surface area contributed by atoms with Gasteiger partial charge in [0.05, 0.1) is 0 Å². The molecule has 4 heteroatoms. The molecule has 0 spiro atoms. The van der Waals surface area contributed by atoms with Gasteiger partial charge in [-0.25, -0.2) is 0 Å². The SMILES string of the molecule is CCC(C)CN(CC)c1ccc(N)nn1. The van der Waals surface area contributed by atoms with Crippen molar-refractivity contribution in [1.82, 2.24) is 10.2 Å². The van der Waals surface area contributed by atoms with E-state index >= 15 is 0 Å². The minimum absolute atomic E-state index is 0.471. The summed E-state index contributed by atoms with van der Waals surface area (Å²) in [6.45, 7) is 8.54. The first kappa shape index (κ1) is 11.8. The number of rotatable bonds is 5. The fourth-order valence-corrected chi connectivity index (χ4v) is 1.39. The molecule has 0 bridgehead atoms. The average Bonchev–Trinajstić information content (AvgIpc) is 2.27. The first-order valence-corrected chi connectivity index (χ1v) is 5.51. The molecule has 1 aromatic rings. The van der Waals surface area contributed by atoms with Gasteiger partial charge in [0.15, 0.2) is 5.82 Å². The van der Waals surface area contributed by atoms with Crippen molar-refractivity contribution in [3.8, 4) is 0 Å². The summed E-state index contributed by atoms with van der Waals surface area (Å²) in [4.78, 5) is 2.22. The van der Waals surface area contributed by atoms with Crippen molar-refractivity contribution < 1.29 is 0 Å². The van der Waals surface area contributed by atoms with Crippen LogP contribution in [0.15, 0.2) is 12.1 Å². The highest BCUT2D eigenvalue weighted by Gasteiger charge is 2.09. The molecule has 4 nitrogen and oxygen atoms in total. The predicted molar refractivity (Wildman–Crippen MR) is 63.8 cm³/mol. The Balaban J connectivity index is 2.69. The van der Waals surface area contributed by atoms with Crippen LogP contribution in [0.4, 0.5) is 11.6 Å². The van der Waals surface area contributed by atoms with Crippen molar-refractivity contribution in [1.29, 1.82) is 0 Å². The third-order valence-corrected chi connectivity index (χ3v) is 2.61. The Labute approximate surface area is 91.5 Å². The maximum Gasteiger partial charge on any atom is 0.151 e. The van der Waals surface area contributed by atoms with Crippen LogP contribution in [0, 0.1) is 5.92 Å². The van der Waals surface area contributed by atoms with Gasteiger partial charge >= 0.3 is 0 Å². The molecule has 0 aliphatic carbocycles. The maximum absolute atomic E-state index is 5.50. The van der Waals surface area contributed by atoms with E-state index in [1.54, 1.807) is 6.07 Å². The van der Waals surface area contributed by atoms with E-state index in [1.807, 2.05) is 6.07 Å². The summed E-state index contributed by atoms with van der Waals surface area (Å²) < 4.78 is 0. The number of anilines is 2. The topological polar surface area (TPSA) is 55.0 Å². The zero-order chi connectivity index (χ0) is 11.3. The normalized spacial score (nSPS) is 12.5. The Morgan fingerprint density at radius 1 is 1.33 bits per heavy atom. The smallest absolute Gasteiger partial charge is 0.151 e. The molecule has 0 radical (unpaired) electrons. The highest BCUT2D eigenvalue weighted by molar-refractivity contribution is 5.41. The lowest BCUT2D eigenvalue weighted by molar-refractivity contribution is 0.544. The van der Waals surface area contributed by atoms with Gasteiger partial charge in [-0.15, -0.1) is 10.2 Å². The molecule has 84 valence electrons. The van der Waals surface area contributed by atoms with Crippen LogP contribution in [-0.4, -0.2) is 23.3 Å². The minimum Gasteiger partial charge on any atom is -0.382 e. The fraction of sp³-hybridized carbons (Fsp3) is 0.636. The molecule has 0 aliphatic rings. The molecular formula is C11H20N4. The maximum atomic E-state index is 5.50. The molecule has 15 heavy (non-hydrogen) atoms. The molecular weight excluding hydrogens is 188 g/mol. The van der Waals surface area contributed by atoms with E-state index in [0.717, 1.165) is 18.9 Å². The summed E-state index contributed by atoms with van der Waals surface area (Å²) in [6.07, 6.45) is 1.18. The molecule has 0 fully saturated rings. The van der Waals surface area contributed by atoms with E-state index in [0.29, 0.717) is 11.7 Å². The molecule has 2 N–H and O–H groups in total. The lowest BCUT2D eigenvalue weighted by Gasteiger charge is -2.24. The zero-order valence-electron chi connectivity index (χ0n) is 9.77. The summed E-state index contributed by atoms with van der Waals surface area (Å²) in [5.41, 5.74) is 5.50. The number of nitrogen functional groups attached to an aromatic ring is 1. The minimum atomic E-state index is 0.471. The van der Waals surface area contributed by atoms with Gasteiger partial charge in [-0.3, -0.25) is 0 Å². The number of hydrogen-bond acceptors (Lipinski definition) is 4. The van der Waals surface area contributed by atoms with Gasteiger partial charge in [-0.2, -0.15) is 0 Å². The first-order chi connectivity index (χ1) is 7.17. The standard InChI is InChI=1S/C11H20N4/c1-4-9(3)8-15(5-2)11-7-6-10(12)13-14-11/h6-7,9H,4-5,8H2,1-3H3,(H2,12,13). The molecule has 1 rings (SSSR count). The molecule has 1 heterocycles. The fourth-order valence-electron chi connectivity index (χ4n) is 1.39. The number of nitrogens with zero attached hydrogens (tertiary/aromatic N) is 3. The van der Waals surface area contributed by atoms with Gasteiger partial charge in [-0.05, 0) is 25.0 Å². The quantitative estimate of drug-likeness (QED) is 0.803. The van der Waals surface area contributed by atoms with Gasteiger partial charge in [0, 0.05) is 13.1 Å². The van der Waals surface area contributed by atoms with Crippen molar-refractivity contribution in [2.45, 2.75) is 27.2 Å². The van der Waals surface area contributed by atoms with E-state index in [-0.39, 0.29) is 0 Å².